The molecule has 0 atom stereocenters. The Labute approximate surface area is 120 Å². The van der Waals surface area contributed by atoms with Gasteiger partial charge in [0.1, 0.15) is 5.69 Å². The number of hydrogen-bond acceptors (Lipinski definition) is 5. The van der Waals surface area contributed by atoms with Crippen LogP contribution in [0.3, 0.4) is 0 Å². The van der Waals surface area contributed by atoms with Crippen molar-refractivity contribution in [3.63, 3.8) is 0 Å². The lowest BCUT2D eigenvalue weighted by Gasteiger charge is -2.10. The van der Waals surface area contributed by atoms with Crippen molar-refractivity contribution in [3.05, 3.63) is 42.1 Å². The van der Waals surface area contributed by atoms with Gasteiger partial charge in [0.05, 0.1) is 11.9 Å². The zero-order chi connectivity index (χ0) is 15.9. The molecule has 0 bridgehead atoms. The van der Waals surface area contributed by atoms with E-state index < -0.39 is 23.5 Å². The predicted molar refractivity (Wildman–Crippen MR) is 66.0 cm³/mol. The van der Waals surface area contributed by atoms with Crippen LogP contribution >= 0.6 is 0 Å². The standard InChI is InChI=1S/C12H6F3N5O2/c13-12(14,15)9-3-6(8-5-16-1-2-17-8)18-10-4-7(11(21)22)19-20(9)10/h1-5H,(H,21,22). The lowest BCUT2D eigenvalue weighted by molar-refractivity contribution is -0.142. The Kier molecular flexibility index (Phi) is 3.01. The van der Waals surface area contributed by atoms with E-state index >= 15 is 0 Å². The molecule has 0 saturated carbocycles. The van der Waals surface area contributed by atoms with Crippen LogP contribution in [-0.4, -0.2) is 35.6 Å². The second kappa shape index (κ2) is 4.76. The Morgan fingerprint density at radius 3 is 2.55 bits per heavy atom. The van der Waals surface area contributed by atoms with Gasteiger partial charge in [-0.15, -0.1) is 0 Å². The predicted octanol–water partition coefficient (Wildman–Crippen LogP) is 1.90. The van der Waals surface area contributed by atoms with Gasteiger partial charge in [0.2, 0.25) is 0 Å². The number of aromatic nitrogens is 5. The van der Waals surface area contributed by atoms with E-state index in [2.05, 4.69) is 20.1 Å². The molecule has 10 heteroatoms. The molecule has 0 aliphatic carbocycles. The molecular weight excluding hydrogens is 303 g/mol. The van der Waals surface area contributed by atoms with Gasteiger partial charge in [-0.2, -0.15) is 18.3 Å². The third-order valence-corrected chi connectivity index (χ3v) is 2.76. The molecule has 0 amide bonds. The molecule has 3 rings (SSSR count). The highest BCUT2D eigenvalue weighted by atomic mass is 19.4. The molecule has 0 spiro atoms. The number of alkyl halides is 3. The largest absolute Gasteiger partial charge is 0.476 e. The summed E-state index contributed by atoms with van der Waals surface area (Å²) in [6, 6.07) is 1.70. The summed E-state index contributed by atoms with van der Waals surface area (Å²) in [5.74, 6) is -1.44. The summed E-state index contributed by atoms with van der Waals surface area (Å²) in [7, 11) is 0. The lowest BCUT2D eigenvalue weighted by Crippen LogP contribution is -2.14. The maximum atomic E-state index is 13.2. The molecule has 0 unspecified atom stereocenters. The molecule has 3 aromatic heterocycles. The highest BCUT2D eigenvalue weighted by Gasteiger charge is 2.35. The topological polar surface area (TPSA) is 93.3 Å². The molecule has 0 aliphatic heterocycles. The highest BCUT2D eigenvalue weighted by Crippen LogP contribution is 2.31. The first-order valence-corrected chi connectivity index (χ1v) is 5.84. The number of aromatic carboxylic acids is 1. The van der Waals surface area contributed by atoms with Gasteiger partial charge < -0.3 is 5.11 Å². The summed E-state index contributed by atoms with van der Waals surface area (Å²) < 4.78 is 39.9. The van der Waals surface area contributed by atoms with Gasteiger partial charge >= 0.3 is 12.1 Å². The van der Waals surface area contributed by atoms with Crippen molar-refractivity contribution in [1.82, 2.24) is 24.6 Å². The van der Waals surface area contributed by atoms with E-state index in [0.717, 1.165) is 12.1 Å². The normalized spacial score (nSPS) is 11.8. The number of nitrogens with zero attached hydrogens (tertiary/aromatic N) is 5. The fourth-order valence-electron chi connectivity index (χ4n) is 1.84. The van der Waals surface area contributed by atoms with Crippen molar-refractivity contribution in [2.24, 2.45) is 0 Å². The van der Waals surface area contributed by atoms with E-state index in [-0.39, 0.29) is 17.0 Å². The fourth-order valence-corrected chi connectivity index (χ4v) is 1.84. The molecule has 0 fully saturated rings. The van der Waals surface area contributed by atoms with E-state index in [1.807, 2.05) is 0 Å². The van der Waals surface area contributed by atoms with Crippen LogP contribution in [-0.2, 0) is 6.18 Å². The average Bonchev–Trinajstić information content (AvgIpc) is 2.90. The Hall–Kier alpha value is -3.04. The summed E-state index contributed by atoms with van der Waals surface area (Å²) in [5.41, 5.74) is -1.87. The first kappa shape index (κ1) is 13.9. The molecule has 3 heterocycles. The summed E-state index contributed by atoms with van der Waals surface area (Å²) in [6.07, 6.45) is -0.797. The van der Waals surface area contributed by atoms with Crippen LogP contribution in [0.2, 0.25) is 0 Å². The molecule has 0 radical (unpaired) electrons. The maximum Gasteiger partial charge on any atom is 0.433 e. The molecule has 112 valence electrons. The number of carboxylic acid groups (broad SMARTS) is 1. The summed E-state index contributed by atoms with van der Waals surface area (Å²) in [5, 5.41) is 12.3. The molecule has 0 saturated heterocycles. The van der Waals surface area contributed by atoms with E-state index in [0.29, 0.717) is 4.52 Å². The van der Waals surface area contributed by atoms with Crippen molar-refractivity contribution in [2.75, 3.05) is 0 Å². The minimum Gasteiger partial charge on any atom is -0.476 e. The number of rotatable bonds is 2. The summed E-state index contributed by atoms with van der Waals surface area (Å²) >= 11 is 0. The smallest absolute Gasteiger partial charge is 0.433 e. The minimum atomic E-state index is -4.74. The second-order valence-corrected chi connectivity index (χ2v) is 4.22. The van der Waals surface area contributed by atoms with Gasteiger partial charge in [-0.05, 0) is 6.07 Å². The van der Waals surface area contributed by atoms with Crippen LogP contribution in [0.1, 0.15) is 16.2 Å². The van der Waals surface area contributed by atoms with Crippen molar-refractivity contribution in [3.8, 4) is 11.4 Å². The fraction of sp³-hybridized carbons (Fsp3) is 0.0833. The molecule has 7 nitrogen and oxygen atoms in total. The summed E-state index contributed by atoms with van der Waals surface area (Å²) in [4.78, 5) is 22.5. The Bertz CT molecular complexity index is 860. The van der Waals surface area contributed by atoms with E-state index in [1.54, 1.807) is 0 Å². The number of hydrogen-bond donors (Lipinski definition) is 1. The first-order chi connectivity index (χ1) is 10.4. The zero-order valence-corrected chi connectivity index (χ0v) is 10.6. The van der Waals surface area contributed by atoms with Gasteiger partial charge in [0.15, 0.2) is 17.0 Å². The molecule has 0 aliphatic rings. The summed E-state index contributed by atoms with van der Waals surface area (Å²) in [6.45, 7) is 0. The van der Waals surface area contributed by atoms with Gasteiger partial charge in [0, 0.05) is 18.5 Å². The van der Waals surface area contributed by atoms with Crippen LogP contribution in [0.15, 0.2) is 30.7 Å². The molecule has 0 aromatic carbocycles. The number of fused-ring (bicyclic) bond motifs is 1. The van der Waals surface area contributed by atoms with Gasteiger partial charge in [0.25, 0.3) is 0 Å². The van der Waals surface area contributed by atoms with Crippen LogP contribution in [0.25, 0.3) is 17.0 Å². The molecule has 22 heavy (non-hydrogen) atoms. The molecule has 3 aromatic rings. The monoisotopic (exact) mass is 309 g/mol. The van der Waals surface area contributed by atoms with Crippen molar-refractivity contribution < 1.29 is 23.1 Å². The van der Waals surface area contributed by atoms with Crippen molar-refractivity contribution in [2.45, 2.75) is 6.18 Å². The van der Waals surface area contributed by atoms with E-state index in [4.69, 9.17) is 5.11 Å². The third-order valence-electron chi connectivity index (χ3n) is 2.76. The quantitative estimate of drug-likeness (QED) is 0.777. The van der Waals surface area contributed by atoms with Crippen molar-refractivity contribution >= 4 is 11.6 Å². The number of halogens is 3. The van der Waals surface area contributed by atoms with Crippen molar-refractivity contribution in [1.29, 1.82) is 0 Å². The Morgan fingerprint density at radius 2 is 1.95 bits per heavy atom. The third kappa shape index (κ3) is 2.34. The van der Waals surface area contributed by atoms with Crippen LogP contribution in [0.4, 0.5) is 13.2 Å². The molecular formula is C12H6F3N5O2. The van der Waals surface area contributed by atoms with Crippen LogP contribution in [0.5, 0.6) is 0 Å². The maximum absolute atomic E-state index is 13.2. The van der Waals surface area contributed by atoms with E-state index in [9.17, 15) is 18.0 Å². The van der Waals surface area contributed by atoms with Gasteiger partial charge in [-0.1, -0.05) is 0 Å². The van der Waals surface area contributed by atoms with Crippen LogP contribution < -0.4 is 0 Å². The van der Waals surface area contributed by atoms with Gasteiger partial charge in [-0.25, -0.2) is 14.3 Å². The minimum absolute atomic E-state index is 0.0789. The number of carboxylic acids is 1. The first-order valence-electron chi connectivity index (χ1n) is 5.84. The Balaban J connectivity index is 2.31. The van der Waals surface area contributed by atoms with Crippen LogP contribution in [0, 0.1) is 0 Å². The zero-order valence-electron chi connectivity index (χ0n) is 10.6. The van der Waals surface area contributed by atoms with Gasteiger partial charge in [-0.3, -0.25) is 9.97 Å². The van der Waals surface area contributed by atoms with E-state index in [1.165, 1.54) is 18.6 Å². The Morgan fingerprint density at radius 1 is 1.18 bits per heavy atom. The molecule has 1 N–H and O–H groups in total. The second-order valence-electron chi connectivity index (χ2n) is 4.22. The number of carbonyl (C=O) groups is 1. The SMILES string of the molecule is O=C(O)c1cc2nc(-c3cnccn3)cc(C(F)(F)F)n2n1. The highest BCUT2D eigenvalue weighted by molar-refractivity contribution is 5.86. The lowest BCUT2D eigenvalue weighted by atomic mass is 10.2. The average molecular weight is 309 g/mol.